The van der Waals surface area contributed by atoms with Gasteiger partial charge in [-0.15, -0.1) is 0 Å². The third-order valence-electron chi connectivity index (χ3n) is 1.69. The van der Waals surface area contributed by atoms with Crippen molar-refractivity contribution in [3.8, 4) is 11.8 Å². The molecule has 0 aliphatic heterocycles. The number of phenolic OH excluding ortho intramolecular Hbond substituents is 1. The highest BCUT2D eigenvalue weighted by molar-refractivity contribution is 14.1. The number of nitriles is 1. The van der Waals surface area contributed by atoms with E-state index in [2.05, 4.69) is 22.6 Å². The fourth-order valence-electron chi connectivity index (χ4n) is 1.03. The normalized spacial score (nSPS) is 12.1. The van der Waals surface area contributed by atoms with E-state index >= 15 is 0 Å². The Morgan fingerprint density at radius 2 is 2.31 bits per heavy atom. The number of rotatable bonds is 2. The van der Waals surface area contributed by atoms with Gasteiger partial charge < -0.3 is 10.8 Å². The van der Waals surface area contributed by atoms with Crippen molar-refractivity contribution in [2.45, 2.75) is 12.5 Å². The monoisotopic (exact) mass is 288 g/mol. The van der Waals surface area contributed by atoms with Crippen LogP contribution in [0, 0.1) is 14.9 Å². The molecular formula is C9H9IN2O. The molecule has 0 aliphatic rings. The van der Waals surface area contributed by atoms with E-state index < -0.39 is 0 Å². The molecule has 0 heterocycles. The van der Waals surface area contributed by atoms with Crippen LogP contribution in [-0.4, -0.2) is 5.11 Å². The fourth-order valence-corrected chi connectivity index (χ4v) is 1.92. The quantitative estimate of drug-likeness (QED) is 0.817. The molecule has 0 saturated carbocycles. The second-order valence-corrected chi connectivity index (χ2v) is 3.84. The van der Waals surface area contributed by atoms with Gasteiger partial charge in [0.2, 0.25) is 0 Å². The standard InChI is InChI=1S/C9H9IN2O/c10-8-5-6(13)1-2-7(8)9(12)3-4-11/h1-2,5,9,13H,3,12H2/t9-/m0/s1. The molecule has 0 amide bonds. The molecule has 0 radical (unpaired) electrons. The Labute approximate surface area is 90.3 Å². The first-order chi connectivity index (χ1) is 6.15. The number of hydrogen-bond donors (Lipinski definition) is 2. The number of aromatic hydroxyl groups is 1. The van der Waals surface area contributed by atoms with Crippen molar-refractivity contribution in [3.05, 3.63) is 27.3 Å². The van der Waals surface area contributed by atoms with Crippen molar-refractivity contribution in [3.63, 3.8) is 0 Å². The molecule has 0 fully saturated rings. The number of phenols is 1. The molecular weight excluding hydrogens is 279 g/mol. The molecule has 0 aromatic heterocycles. The van der Waals surface area contributed by atoms with Crippen LogP contribution in [-0.2, 0) is 0 Å². The molecule has 1 aromatic rings. The van der Waals surface area contributed by atoms with Crippen molar-refractivity contribution >= 4 is 22.6 Å². The first kappa shape index (κ1) is 10.3. The summed E-state index contributed by atoms with van der Waals surface area (Å²) in [4.78, 5) is 0. The molecule has 3 nitrogen and oxygen atoms in total. The third kappa shape index (κ3) is 2.57. The molecule has 0 unspecified atom stereocenters. The van der Waals surface area contributed by atoms with Crippen LogP contribution in [0.5, 0.6) is 5.75 Å². The number of nitrogens with zero attached hydrogens (tertiary/aromatic N) is 1. The summed E-state index contributed by atoms with van der Waals surface area (Å²) in [5.74, 6) is 0.220. The Bertz CT molecular complexity index is 346. The van der Waals surface area contributed by atoms with Gasteiger partial charge in [0.25, 0.3) is 0 Å². The minimum absolute atomic E-state index is 0.220. The Kier molecular flexibility index (Phi) is 3.51. The lowest BCUT2D eigenvalue weighted by Crippen LogP contribution is -2.10. The maximum absolute atomic E-state index is 9.14. The Morgan fingerprint density at radius 1 is 1.62 bits per heavy atom. The van der Waals surface area contributed by atoms with Crippen LogP contribution in [0.15, 0.2) is 18.2 Å². The van der Waals surface area contributed by atoms with Crippen molar-refractivity contribution < 1.29 is 5.11 Å². The van der Waals surface area contributed by atoms with Gasteiger partial charge in [-0.1, -0.05) is 6.07 Å². The second-order valence-electron chi connectivity index (χ2n) is 2.67. The fraction of sp³-hybridized carbons (Fsp3) is 0.222. The summed E-state index contributed by atoms with van der Waals surface area (Å²) in [6.45, 7) is 0. The molecule has 0 saturated heterocycles. The molecule has 68 valence electrons. The number of nitrogens with two attached hydrogens (primary N) is 1. The Hall–Kier alpha value is -0.800. The molecule has 1 aromatic carbocycles. The van der Waals surface area contributed by atoms with Crippen molar-refractivity contribution in [2.24, 2.45) is 5.73 Å². The van der Waals surface area contributed by atoms with E-state index in [1.54, 1.807) is 18.2 Å². The largest absolute Gasteiger partial charge is 0.508 e. The minimum atomic E-state index is -0.266. The van der Waals surface area contributed by atoms with Gasteiger partial charge in [-0.25, -0.2) is 0 Å². The van der Waals surface area contributed by atoms with Crippen LogP contribution >= 0.6 is 22.6 Å². The lowest BCUT2D eigenvalue weighted by molar-refractivity contribution is 0.474. The zero-order valence-electron chi connectivity index (χ0n) is 6.87. The zero-order valence-corrected chi connectivity index (χ0v) is 9.02. The molecule has 4 heteroatoms. The highest BCUT2D eigenvalue weighted by Gasteiger charge is 2.09. The summed E-state index contributed by atoms with van der Waals surface area (Å²) in [6.07, 6.45) is 0.292. The molecule has 0 bridgehead atoms. The van der Waals surface area contributed by atoms with E-state index in [0.717, 1.165) is 9.13 Å². The number of benzene rings is 1. The van der Waals surface area contributed by atoms with E-state index in [9.17, 15) is 0 Å². The van der Waals surface area contributed by atoms with E-state index in [1.165, 1.54) is 0 Å². The maximum Gasteiger partial charge on any atom is 0.116 e. The topological polar surface area (TPSA) is 70.0 Å². The SMILES string of the molecule is N#CC[C@H](N)c1ccc(O)cc1I. The minimum Gasteiger partial charge on any atom is -0.508 e. The Morgan fingerprint density at radius 3 is 2.85 bits per heavy atom. The zero-order chi connectivity index (χ0) is 9.84. The second kappa shape index (κ2) is 4.44. The summed E-state index contributed by atoms with van der Waals surface area (Å²) in [5.41, 5.74) is 6.65. The summed E-state index contributed by atoms with van der Waals surface area (Å²) in [5, 5.41) is 17.6. The average Bonchev–Trinajstić information content (AvgIpc) is 2.04. The van der Waals surface area contributed by atoms with Crippen LogP contribution in [0.4, 0.5) is 0 Å². The number of halogens is 1. The maximum atomic E-state index is 9.14. The van der Waals surface area contributed by atoms with Gasteiger partial charge in [-0.2, -0.15) is 5.26 Å². The average molecular weight is 288 g/mol. The highest BCUT2D eigenvalue weighted by atomic mass is 127. The van der Waals surface area contributed by atoms with Gasteiger partial charge in [-0.3, -0.25) is 0 Å². The van der Waals surface area contributed by atoms with Crippen LogP contribution in [0.25, 0.3) is 0 Å². The Balaban J connectivity index is 2.96. The summed E-state index contributed by atoms with van der Waals surface area (Å²) in [7, 11) is 0. The van der Waals surface area contributed by atoms with Crippen molar-refractivity contribution in [2.75, 3.05) is 0 Å². The van der Waals surface area contributed by atoms with Gasteiger partial charge in [-0.05, 0) is 40.3 Å². The summed E-state index contributed by atoms with van der Waals surface area (Å²) >= 11 is 2.09. The molecule has 3 N–H and O–H groups in total. The van der Waals surface area contributed by atoms with E-state index in [4.69, 9.17) is 16.1 Å². The van der Waals surface area contributed by atoms with Gasteiger partial charge in [0, 0.05) is 9.61 Å². The van der Waals surface area contributed by atoms with Gasteiger partial charge >= 0.3 is 0 Å². The van der Waals surface area contributed by atoms with Crippen molar-refractivity contribution in [1.29, 1.82) is 5.26 Å². The van der Waals surface area contributed by atoms with Crippen molar-refractivity contribution in [1.82, 2.24) is 0 Å². The van der Waals surface area contributed by atoms with Crippen LogP contribution in [0.3, 0.4) is 0 Å². The predicted octanol–water partition coefficient (Wildman–Crippen LogP) is 1.91. The molecule has 0 aliphatic carbocycles. The lowest BCUT2D eigenvalue weighted by atomic mass is 10.1. The highest BCUT2D eigenvalue weighted by Crippen LogP contribution is 2.24. The molecule has 1 rings (SSSR count). The first-order valence-electron chi connectivity index (χ1n) is 3.76. The van der Waals surface area contributed by atoms with E-state index in [1.807, 2.05) is 6.07 Å². The predicted molar refractivity (Wildman–Crippen MR) is 58.0 cm³/mol. The van der Waals surface area contributed by atoms with Gasteiger partial charge in [0.1, 0.15) is 5.75 Å². The third-order valence-corrected chi connectivity index (χ3v) is 2.63. The van der Waals surface area contributed by atoms with E-state index in [-0.39, 0.29) is 11.8 Å². The van der Waals surface area contributed by atoms with E-state index in [0.29, 0.717) is 6.42 Å². The number of hydrogen-bond acceptors (Lipinski definition) is 3. The smallest absolute Gasteiger partial charge is 0.116 e. The molecule has 13 heavy (non-hydrogen) atoms. The molecule has 1 atom stereocenters. The summed E-state index contributed by atoms with van der Waals surface area (Å²) in [6, 6.07) is 6.71. The first-order valence-corrected chi connectivity index (χ1v) is 4.84. The van der Waals surface area contributed by atoms with Crippen LogP contribution in [0.1, 0.15) is 18.0 Å². The van der Waals surface area contributed by atoms with Gasteiger partial charge in [0.15, 0.2) is 0 Å². The van der Waals surface area contributed by atoms with Crippen LogP contribution in [0.2, 0.25) is 0 Å². The van der Waals surface area contributed by atoms with Crippen LogP contribution < -0.4 is 5.73 Å². The van der Waals surface area contributed by atoms with Gasteiger partial charge in [0.05, 0.1) is 12.5 Å². The molecule has 0 spiro atoms. The summed E-state index contributed by atoms with van der Waals surface area (Å²) < 4.78 is 0.889. The lowest BCUT2D eigenvalue weighted by Gasteiger charge is -2.10.